The number of fused-ring (bicyclic) bond motifs is 1. The number of para-hydroxylation sites is 2. The van der Waals surface area contributed by atoms with Gasteiger partial charge in [-0.1, -0.05) is 30.3 Å². The number of aldehydes is 1. The van der Waals surface area contributed by atoms with Crippen LogP contribution in [0.2, 0.25) is 0 Å². The third-order valence-electron chi connectivity index (χ3n) is 3.63. The standard InChI is InChI=1S/C19H12N2O2/c22-12-15-8-9-19(23-15)14-5-3-4-13(10-14)18-11-20-16-6-1-2-7-17(16)21-18/h1-12H. The molecular weight excluding hydrogens is 288 g/mol. The molecule has 110 valence electrons. The number of benzene rings is 2. The van der Waals surface area contributed by atoms with Gasteiger partial charge in [0.25, 0.3) is 0 Å². The molecule has 4 rings (SSSR count). The zero-order chi connectivity index (χ0) is 15.6. The molecule has 0 spiro atoms. The van der Waals surface area contributed by atoms with Gasteiger partial charge < -0.3 is 4.42 Å². The second-order valence-corrected chi connectivity index (χ2v) is 5.14. The van der Waals surface area contributed by atoms with E-state index in [1.165, 1.54) is 0 Å². The lowest BCUT2D eigenvalue weighted by Gasteiger charge is -2.04. The van der Waals surface area contributed by atoms with Crippen molar-refractivity contribution < 1.29 is 9.21 Å². The van der Waals surface area contributed by atoms with Crippen molar-refractivity contribution in [3.63, 3.8) is 0 Å². The Morgan fingerprint density at radius 3 is 2.52 bits per heavy atom. The van der Waals surface area contributed by atoms with Crippen LogP contribution in [-0.4, -0.2) is 16.3 Å². The van der Waals surface area contributed by atoms with E-state index in [0.29, 0.717) is 17.8 Å². The van der Waals surface area contributed by atoms with Crippen LogP contribution in [0.25, 0.3) is 33.6 Å². The number of nitrogens with zero attached hydrogens (tertiary/aromatic N) is 2. The van der Waals surface area contributed by atoms with Crippen molar-refractivity contribution in [2.75, 3.05) is 0 Å². The average molecular weight is 300 g/mol. The fourth-order valence-electron chi connectivity index (χ4n) is 2.50. The predicted molar refractivity (Wildman–Crippen MR) is 88.1 cm³/mol. The largest absolute Gasteiger partial charge is 0.453 e. The SMILES string of the molecule is O=Cc1ccc(-c2cccc(-c3cnc4ccccc4n3)c2)o1. The van der Waals surface area contributed by atoms with Crippen molar-refractivity contribution in [2.24, 2.45) is 0 Å². The first kappa shape index (κ1) is 13.4. The van der Waals surface area contributed by atoms with Crippen molar-refractivity contribution in [3.05, 3.63) is 72.6 Å². The topological polar surface area (TPSA) is 56.0 Å². The van der Waals surface area contributed by atoms with Gasteiger partial charge in [-0.15, -0.1) is 0 Å². The van der Waals surface area contributed by atoms with E-state index in [1.54, 1.807) is 18.3 Å². The Labute approximate surface area is 132 Å². The van der Waals surface area contributed by atoms with Gasteiger partial charge in [0, 0.05) is 11.1 Å². The number of furan rings is 1. The molecule has 0 aliphatic carbocycles. The highest BCUT2D eigenvalue weighted by Crippen LogP contribution is 2.27. The molecule has 0 fully saturated rings. The van der Waals surface area contributed by atoms with E-state index in [9.17, 15) is 4.79 Å². The Hall–Kier alpha value is -3.27. The number of hydrogen-bond donors (Lipinski definition) is 0. The van der Waals surface area contributed by atoms with Crippen molar-refractivity contribution in [1.82, 2.24) is 9.97 Å². The highest BCUT2D eigenvalue weighted by molar-refractivity contribution is 5.78. The van der Waals surface area contributed by atoms with Crippen molar-refractivity contribution in [1.29, 1.82) is 0 Å². The smallest absolute Gasteiger partial charge is 0.185 e. The molecule has 2 heterocycles. The quantitative estimate of drug-likeness (QED) is 0.527. The molecule has 4 heteroatoms. The Morgan fingerprint density at radius 2 is 1.70 bits per heavy atom. The Kier molecular flexibility index (Phi) is 3.20. The van der Waals surface area contributed by atoms with Crippen LogP contribution >= 0.6 is 0 Å². The summed E-state index contributed by atoms with van der Waals surface area (Å²) in [5.41, 5.74) is 4.37. The van der Waals surface area contributed by atoms with Crippen molar-refractivity contribution in [2.45, 2.75) is 0 Å². The first-order valence-corrected chi connectivity index (χ1v) is 7.21. The lowest BCUT2D eigenvalue weighted by atomic mass is 10.1. The molecule has 0 saturated carbocycles. The molecule has 0 bridgehead atoms. The number of carbonyl (C=O) groups excluding carboxylic acids is 1. The van der Waals surface area contributed by atoms with Gasteiger partial charge in [-0.3, -0.25) is 9.78 Å². The summed E-state index contributed by atoms with van der Waals surface area (Å²) in [4.78, 5) is 19.8. The van der Waals surface area contributed by atoms with Crippen LogP contribution in [0.3, 0.4) is 0 Å². The summed E-state index contributed by atoms with van der Waals surface area (Å²) in [7, 11) is 0. The van der Waals surface area contributed by atoms with Gasteiger partial charge in [-0.05, 0) is 30.3 Å². The second kappa shape index (κ2) is 5.50. The third kappa shape index (κ3) is 2.51. The summed E-state index contributed by atoms with van der Waals surface area (Å²) < 4.78 is 5.48. The van der Waals surface area contributed by atoms with Crippen LogP contribution in [0.1, 0.15) is 10.6 Å². The van der Waals surface area contributed by atoms with Crippen LogP contribution in [0, 0.1) is 0 Å². The molecular formula is C19H12N2O2. The summed E-state index contributed by atoms with van der Waals surface area (Å²) in [5, 5.41) is 0. The van der Waals surface area contributed by atoms with Crippen LogP contribution in [0.4, 0.5) is 0 Å². The van der Waals surface area contributed by atoms with Crippen molar-refractivity contribution in [3.8, 4) is 22.6 Å². The van der Waals surface area contributed by atoms with Gasteiger partial charge in [0.15, 0.2) is 12.0 Å². The third-order valence-corrected chi connectivity index (χ3v) is 3.63. The van der Waals surface area contributed by atoms with E-state index >= 15 is 0 Å². The molecule has 23 heavy (non-hydrogen) atoms. The predicted octanol–water partition coefficient (Wildman–Crippen LogP) is 4.37. The molecule has 2 aromatic carbocycles. The minimum Gasteiger partial charge on any atom is -0.453 e. The first-order chi connectivity index (χ1) is 11.3. The first-order valence-electron chi connectivity index (χ1n) is 7.21. The molecule has 0 aliphatic rings. The lowest BCUT2D eigenvalue weighted by Crippen LogP contribution is -1.88. The number of carbonyl (C=O) groups is 1. The maximum absolute atomic E-state index is 10.8. The summed E-state index contributed by atoms with van der Waals surface area (Å²) in [6.07, 6.45) is 2.46. The average Bonchev–Trinajstić information content (AvgIpc) is 3.11. The Morgan fingerprint density at radius 1 is 0.870 bits per heavy atom. The normalized spacial score (nSPS) is 10.8. The minimum atomic E-state index is 0.316. The van der Waals surface area contributed by atoms with Gasteiger partial charge in [0.2, 0.25) is 0 Å². The second-order valence-electron chi connectivity index (χ2n) is 5.14. The molecule has 0 radical (unpaired) electrons. The van der Waals surface area contributed by atoms with E-state index in [1.807, 2.05) is 48.5 Å². The summed E-state index contributed by atoms with van der Waals surface area (Å²) in [5.74, 6) is 0.971. The maximum atomic E-state index is 10.8. The molecule has 0 atom stereocenters. The fraction of sp³-hybridized carbons (Fsp3) is 0. The number of hydrogen-bond acceptors (Lipinski definition) is 4. The molecule has 0 N–H and O–H groups in total. The number of aromatic nitrogens is 2. The van der Waals surface area contributed by atoms with Gasteiger partial charge in [-0.2, -0.15) is 0 Å². The zero-order valence-corrected chi connectivity index (χ0v) is 12.1. The fourth-order valence-corrected chi connectivity index (χ4v) is 2.50. The molecule has 0 aliphatic heterocycles. The molecule has 4 nitrogen and oxygen atoms in total. The van der Waals surface area contributed by atoms with Crippen LogP contribution in [0.15, 0.2) is 71.3 Å². The Balaban J connectivity index is 1.78. The highest BCUT2D eigenvalue weighted by atomic mass is 16.3. The number of rotatable bonds is 3. The van der Waals surface area contributed by atoms with E-state index in [-0.39, 0.29) is 0 Å². The maximum Gasteiger partial charge on any atom is 0.185 e. The van der Waals surface area contributed by atoms with Gasteiger partial charge >= 0.3 is 0 Å². The van der Waals surface area contributed by atoms with Crippen LogP contribution in [-0.2, 0) is 0 Å². The Bertz CT molecular complexity index is 1000. The van der Waals surface area contributed by atoms with Gasteiger partial charge in [0.1, 0.15) is 5.76 Å². The summed E-state index contributed by atoms with van der Waals surface area (Å²) in [6, 6.07) is 19.0. The minimum absolute atomic E-state index is 0.316. The van der Waals surface area contributed by atoms with Crippen LogP contribution < -0.4 is 0 Å². The van der Waals surface area contributed by atoms with E-state index in [0.717, 1.165) is 27.9 Å². The highest BCUT2D eigenvalue weighted by Gasteiger charge is 2.07. The van der Waals surface area contributed by atoms with E-state index in [2.05, 4.69) is 9.97 Å². The molecule has 4 aromatic rings. The monoisotopic (exact) mass is 300 g/mol. The molecule has 0 amide bonds. The van der Waals surface area contributed by atoms with Crippen LogP contribution in [0.5, 0.6) is 0 Å². The molecule has 0 unspecified atom stereocenters. The molecule has 2 aromatic heterocycles. The van der Waals surface area contributed by atoms with E-state index in [4.69, 9.17) is 4.42 Å². The van der Waals surface area contributed by atoms with Crippen molar-refractivity contribution >= 4 is 17.3 Å². The van der Waals surface area contributed by atoms with E-state index < -0.39 is 0 Å². The summed E-state index contributed by atoms with van der Waals surface area (Å²) in [6.45, 7) is 0. The summed E-state index contributed by atoms with van der Waals surface area (Å²) >= 11 is 0. The van der Waals surface area contributed by atoms with Gasteiger partial charge in [0.05, 0.1) is 22.9 Å². The zero-order valence-electron chi connectivity index (χ0n) is 12.1. The molecule has 0 saturated heterocycles. The lowest BCUT2D eigenvalue weighted by molar-refractivity contribution is 0.110. The van der Waals surface area contributed by atoms with Gasteiger partial charge in [-0.25, -0.2) is 4.98 Å².